The fourth-order valence-electron chi connectivity index (χ4n) is 5.98. The van der Waals surface area contributed by atoms with E-state index in [4.69, 9.17) is 9.73 Å². The number of ether oxygens (including phenoxy) is 1. The van der Waals surface area contributed by atoms with Crippen LogP contribution < -0.4 is 10.6 Å². The molecule has 0 aromatic rings. The number of guanidine groups is 1. The summed E-state index contributed by atoms with van der Waals surface area (Å²) in [6, 6.07) is -0.0459. The van der Waals surface area contributed by atoms with Gasteiger partial charge >= 0.3 is 0 Å². The van der Waals surface area contributed by atoms with Gasteiger partial charge < -0.3 is 25.7 Å². The van der Waals surface area contributed by atoms with Gasteiger partial charge in [-0.25, -0.2) is 4.99 Å². The predicted molar refractivity (Wildman–Crippen MR) is 130 cm³/mol. The average Bonchev–Trinajstić information content (AvgIpc) is 3.08. The van der Waals surface area contributed by atoms with Crippen molar-refractivity contribution in [3.8, 4) is 0 Å². The second kappa shape index (κ2) is 10.4. The summed E-state index contributed by atoms with van der Waals surface area (Å²) in [4.78, 5) is 20.4. The van der Waals surface area contributed by atoms with E-state index in [-0.39, 0.29) is 31.1 Å². The quantitative estimate of drug-likeness (QED) is 0.693. The van der Waals surface area contributed by atoms with Gasteiger partial charge in [0.15, 0.2) is 5.96 Å². The number of hydrogen-bond donors (Lipinski definition) is 2. The van der Waals surface area contributed by atoms with Crippen LogP contribution in [-0.2, 0) is 9.53 Å². The Labute approximate surface area is 194 Å². The summed E-state index contributed by atoms with van der Waals surface area (Å²) in [6.45, 7) is 12.2. The third-order valence-corrected chi connectivity index (χ3v) is 7.51. The van der Waals surface area contributed by atoms with Gasteiger partial charge in [-0.2, -0.15) is 0 Å². The zero-order chi connectivity index (χ0) is 22.1. The molecule has 2 heterocycles. The van der Waals surface area contributed by atoms with E-state index in [1.807, 2.05) is 26.2 Å². The first kappa shape index (κ1) is 24.8. The lowest BCUT2D eigenvalue weighted by atomic mass is 9.88. The van der Waals surface area contributed by atoms with Crippen LogP contribution in [0.5, 0.6) is 0 Å². The van der Waals surface area contributed by atoms with Crippen LogP contribution in [0, 0.1) is 23.7 Å². The number of allylic oxidation sites excluding steroid dienone is 1. The third kappa shape index (κ3) is 4.88. The highest BCUT2D eigenvalue weighted by atomic mass is 16.5. The molecule has 7 nitrogen and oxygen atoms in total. The molecule has 2 aliphatic heterocycles. The lowest BCUT2D eigenvalue weighted by Gasteiger charge is -2.39. The number of carbonyl (C=O) groups excluding carboxylic acids is 1. The number of carbonyl (C=O) groups is 1. The van der Waals surface area contributed by atoms with Crippen molar-refractivity contribution in [2.24, 2.45) is 28.7 Å². The standard InChI is InChI=1S/C23H34N4O2.C2H6.H2O.H2/c1-13-8-17-18(20(13)17)9-24-22(28)19-10-25-23(26-21(19)16-6-4-5-7-16)27-11-14(2)29-15(3)12-27;1-2;;/h9-10,13-17,20-21H,4-8,11-12H2,1-3H3,(H,24,28)(H,25,26);1-2H3;1H2;1H/t13?,14-,15-,17?,20?,21?;;;/m0.../s1. The van der Waals surface area contributed by atoms with E-state index >= 15 is 0 Å². The van der Waals surface area contributed by atoms with E-state index in [9.17, 15) is 4.79 Å². The predicted octanol–water partition coefficient (Wildman–Crippen LogP) is 3.23. The largest absolute Gasteiger partial charge is 0.412 e. The molecule has 4 fully saturated rings. The molecular weight excluding hydrogens is 404 g/mol. The Balaban J connectivity index is 0.000000939. The Bertz CT molecular complexity index is 768. The molecule has 3 saturated carbocycles. The third-order valence-electron chi connectivity index (χ3n) is 7.51. The van der Waals surface area contributed by atoms with Crippen LogP contribution in [-0.4, -0.2) is 53.6 Å². The highest BCUT2D eigenvalue weighted by Gasteiger charge is 2.56. The fraction of sp³-hybridized carbons (Fsp3) is 0.760. The number of morpholine rings is 1. The minimum absolute atomic E-state index is 0. The number of rotatable bonds is 3. The second-order valence-electron chi connectivity index (χ2n) is 9.81. The molecular formula is C25H44N4O3. The van der Waals surface area contributed by atoms with E-state index in [2.05, 4.69) is 36.3 Å². The van der Waals surface area contributed by atoms with E-state index in [0.717, 1.165) is 55.2 Å². The number of hydrogen-bond acceptors (Lipinski definition) is 5. The van der Waals surface area contributed by atoms with Crippen LogP contribution in [0.25, 0.3) is 0 Å². The van der Waals surface area contributed by atoms with Gasteiger partial charge in [-0.3, -0.25) is 4.79 Å². The molecule has 32 heavy (non-hydrogen) atoms. The maximum atomic E-state index is 13.0. The van der Waals surface area contributed by atoms with Crippen molar-refractivity contribution in [1.29, 1.82) is 0 Å². The summed E-state index contributed by atoms with van der Waals surface area (Å²) in [6.07, 6.45) is 10.3. The molecule has 4 N–H and O–H groups in total. The first-order chi connectivity index (χ1) is 15.0. The van der Waals surface area contributed by atoms with Gasteiger partial charge in [-0.15, -0.1) is 0 Å². The summed E-state index contributed by atoms with van der Waals surface area (Å²) in [5.41, 5.74) is 2.22. The lowest BCUT2D eigenvalue weighted by Crippen LogP contribution is -2.53. The number of amides is 1. The van der Waals surface area contributed by atoms with Gasteiger partial charge in [0.1, 0.15) is 0 Å². The van der Waals surface area contributed by atoms with Crippen LogP contribution in [0.1, 0.15) is 68.1 Å². The molecule has 0 bridgehead atoms. The molecule has 5 rings (SSSR count). The second-order valence-corrected chi connectivity index (χ2v) is 9.81. The maximum Gasteiger partial charge on any atom is 0.254 e. The molecule has 4 unspecified atom stereocenters. The van der Waals surface area contributed by atoms with Gasteiger partial charge in [0, 0.05) is 26.9 Å². The van der Waals surface area contributed by atoms with Gasteiger partial charge in [-0.1, -0.05) is 33.6 Å². The summed E-state index contributed by atoms with van der Waals surface area (Å²) in [7, 11) is 0. The molecule has 7 heteroatoms. The molecule has 6 atom stereocenters. The first-order valence-electron chi connectivity index (χ1n) is 12.5. The molecule has 182 valence electrons. The number of nitrogens with zero attached hydrogens (tertiary/aromatic N) is 2. The molecule has 0 aromatic heterocycles. The topological polar surface area (TPSA) is 97.5 Å². The lowest BCUT2D eigenvalue weighted by molar-refractivity contribution is -0.117. The summed E-state index contributed by atoms with van der Waals surface area (Å²) < 4.78 is 5.87. The van der Waals surface area contributed by atoms with Crippen molar-refractivity contribution in [3.63, 3.8) is 0 Å². The van der Waals surface area contributed by atoms with Gasteiger partial charge in [0.25, 0.3) is 5.91 Å². The van der Waals surface area contributed by atoms with Crippen molar-refractivity contribution in [1.82, 2.24) is 15.5 Å². The first-order valence-corrected chi connectivity index (χ1v) is 12.5. The highest BCUT2D eigenvalue weighted by molar-refractivity contribution is 5.98. The van der Waals surface area contributed by atoms with Crippen LogP contribution in [0.3, 0.4) is 0 Å². The molecule has 1 amide bonds. The van der Waals surface area contributed by atoms with Gasteiger partial charge in [0.2, 0.25) is 0 Å². The molecule has 3 aliphatic carbocycles. The summed E-state index contributed by atoms with van der Waals surface area (Å²) in [5.74, 6) is 3.62. The Morgan fingerprint density at radius 2 is 1.88 bits per heavy atom. The SMILES string of the molecule is CC.CC1CC2C(=CNC(=O)C3=CNC(N4C[C@H](C)O[C@@H](C)C4)=NC3C3CCCC3)C12.O.[HH]. The van der Waals surface area contributed by atoms with E-state index in [0.29, 0.717) is 5.92 Å². The van der Waals surface area contributed by atoms with E-state index in [1.54, 1.807) is 0 Å². The maximum absolute atomic E-state index is 13.0. The van der Waals surface area contributed by atoms with Crippen molar-refractivity contribution in [2.45, 2.75) is 85.0 Å². The van der Waals surface area contributed by atoms with Crippen LogP contribution in [0.15, 0.2) is 28.5 Å². The smallest absolute Gasteiger partial charge is 0.254 e. The zero-order valence-corrected chi connectivity index (χ0v) is 20.4. The van der Waals surface area contributed by atoms with Crippen LogP contribution >= 0.6 is 0 Å². The van der Waals surface area contributed by atoms with E-state index < -0.39 is 0 Å². The Kier molecular flexibility index (Phi) is 8.04. The van der Waals surface area contributed by atoms with E-state index in [1.165, 1.54) is 24.8 Å². The van der Waals surface area contributed by atoms with Crippen molar-refractivity contribution >= 4 is 11.9 Å². The number of fused-ring (bicyclic) bond motifs is 1. The summed E-state index contributed by atoms with van der Waals surface area (Å²) in [5, 5.41) is 6.42. The Morgan fingerprint density at radius 3 is 2.44 bits per heavy atom. The van der Waals surface area contributed by atoms with Crippen LogP contribution in [0.4, 0.5) is 0 Å². The molecule has 0 aromatic carbocycles. The number of aliphatic imine (C=N–C) groups is 1. The molecule has 1 saturated heterocycles. The molecule has 0 spiro atoms. The highest BCUT2D eigenvalue weighted by Crippen LogP contribution is 2.63. The summed E-state index contributed by atoms with van der Waals surface area (Å²) >= 11 is 0. The van der Waals surface area contributed by atoms with Crippen molar-refractivity contribution in [2.75, 3.05) is 13.1 Å². The normalized spacial score (nSPS) is 36.9. The molecule has 0 radical (unpaired) electrons. The zero-order valence-electron chi connectivity index (χ0n) is 20.4. The Hall–Kier alpha value is -1.86. The van der Waals surface area contributed by atoms with Crippen LogP contribution in [0.2, 0.25) is 0 Å². The van der Waals surface area contributed by atoms with Crippen molar-refractivity contribution < 1.29 is 16.4 Å². The van der Waals surface area contributed by atoms with Crippen molar-refractivity contribution in [3.05, 3.63) is 23.5 Å². The fourth-order valence-corrected chi connectivity index (χ4v) is 5.98. The van der Waals surface area contributed by atoms with Gasteiger partial charge in [0.05, 0.1) is 23.8 Å². The monoisotopic (exact) mass is 448 g/mol. The van der Waals surface area contributed by atoms with Gasteiger partial charge in [-0.05, 0) is 62.4 Å². The number of nitrogens with one attached hydrogen (secondary N) is 2. The minimum atomic E-state index is -0.0459. The minimum Gasteiger partial charge on any atom is -0.412 e. The molecule has 5 aliphatic rings. The Morgan fingerprint density at radius 1 is 1.22 bits per heavy atom. The average molecular weight is 449 g/mol.